The second-order valence-electron chi connectivity index (χ2n) is 14.8. The van der Waals surface area contributed by atoms with Crippen LogP contribution in [0.25, 0.3) is 98.8 Å². The van der Waals surface area contributed by atoms with Crippen LogP contribution in [0.5, 0.6) is 0 Å². The van der Waals surface area contributed by atoms with Crippen molar-refractivity contribution in [1.29, 1.82) is 0 Å². The maximum Gasteiger partial charge on any atom is 0.143 e. The molecule has 11 rings (SSSR count). The Morgan fingerprint density at radius 3 is 1.52 bits per heavy atom. The molecule has 1 heteroatoms. The molecule has 1 aliphatic carbocycles. The van der Waals surface area contributed by atoms with E-state index in [1.54, 1.807) is 0 Å². The molecule has 0 N–H and O–H groups in total. The molecule has 0 saturated carbocycles. The number of furan rings is 1. The Kier molecular flexibility index (Phi) is 6.08. The van der Waals surface area contributed by atoms with Gasteiger partial charge in [-0.25, -0.2) is 0 Å². The monoisotopic (exact) mass is 662 g/mol. The van der Waals surface area contributed by atoms with Crippen LogP contribution in [0.15, 0.2) is 174 Å². The molecule has 0 amide bonds. The second-order valence-corrected chi connectivity index (χ2v) is 14.8. The van der Waals surface area contributed by atoms with Crippen LogP contribution in [0.1, 0.15) is 25.0 Å². The molecule has 10 aromatic rings. The van der Waals surface area contributed by atoms with Crippen LogP contribution in [0.4, 0.5) is 0 Å². The molecule has 52 heavy (non-hydrogen) atoms. The minimum Gasteiger partial charge on any atom is -0.455 e. The first-order chi connectivity index (χ1) is 25.6. The molecule has 0 unspecified atom stereocenters. The fourth-order valence-corrected chi connectivity index (χ4v) is 9.19. The number of fused-ring (bicyclic) bond motifs is 11. The van der Waals surface area contributed by atoms with Gasteiger partial charge in [-0.1, -0.05) is 166 Å². The van der Waals surface area contributed by atoms with E-state index in [0.29, 0.717) is 0 Å². The summed E-state index contributed by atoms with van der Waals surface area (Å²) in [5, 5.41) is 9.85. The number of para-hydroxylation sites is 1. The predicted molar refractivity (Wildman–Crippen MR) is 220 cm³/mol. The first kappa shape index (κ1) is 29.3. The lowest BCUT2D eigenvalue weighted by Crippen LogP contribution is -2.15. The molecule has 1 aliphatic rings. The van der Waals surface area contributed by atoms with Crippen molar-refractivity contribution in [3.05, 3.63) is 181 Å². The highest BCUT2D eigenvalue weighted by Crippen LogP contribution is 2.54. The summed E-state index contributed by atoms with van der Waals surface area (Å²) in [5.41, 5.74) is 14.6. The summed E-state index contributed by atoms with van der Waals surface area (Å²) in [6, 6.07) is 62.3. The Bertz CT molecular complexity index is 3010. The number of hydrogen-bond acceptors (Lipinski definition) is 1. The largest absolute Gasteiger partial charge is 0.455 e. The minimum absolute atomic E-state index is 0.163. The van der Waals surface area contributed by atoms with Crippen molar-refractivity contribution in [2.24, 2.45) is 0 Å². The molecule has 0 saturated heterocycles. The van der Waals surface area contributed by atoms with Crippen LogP contribution in [0.3, 0.4) is 0 Å². The fourth-order valence-electron chi connectivity index (χ4n) is 9.19. The standard InChI is InChI=1S/C51H34O/c1-51(2)44-29-28-42-40(26-27-41-35-14-10-11-19-46(35)52-50(41)42)49(44)43-25-24-34(30-45(43)51)48-38-17-8-6-15-36(38)47(37-16-7-9-18-39(37)48)33-22-20-32(21-23-33)31-12-4-3-5-13-31/h3-30H,1-2H3. The molecule has 0 spiro atoms. The normalized spacial score (nSPS) is 13.3. The van der Waals surface area contributed by atoms with Gasteiger partial charge in [0.05, 0.1) is 0 Å². The molecule has 0 fully saturated rings. The Balaban J connectivity index is 1.11. The Morgan fingerprint density at radius 1 is 0.346 bits per heavy atom. The lowest BCUT2D eigenvalue weighted by atomic mass is 9.80. The van der Waals surface area contributed by atoms with E-state index in [-0.39, 0.29) is 5.41 Å². The summed E-state index contributed by atoms with van der Waals surface area (Å²) in [6.07, 6.45) is 0. The summed E-state index contributed by atoms with van der Waals surface area (Å²) in [4.78, 5) is 0. The highest BCUT2D eigenvalue weighted by molar-refractivity contribution is 6.22. The van der Waals surface area contributed by atoms with Gasteiger partial charge in [-0.2, -0.15) is 0 Å². The van der Waals surface area contributed by atoms with Crippen LogP contribution in [0.2, 0.25) is 0 Å². The fraction of sp³-hybridized carbons (Fsp3) is 0.0588. The van der Waals surface area contributed by atoms with Crippen molar-refractivity contribution in [3.63, 3.8) is 0 Å². The van der Waals surface area contributed by atoms with E-state index in [1.165, 1.54) is 98.7 Å². The Morgan fingerprint density at radius 2 is 0.827 bits per heavy atom. The van der Waals surface area contributed by atoms with E-state index in [9.17, 15) is 0 Å². The van der Waals surface area contributed by atoms with Crippen LogP contribution in [-0.4, -0.2) is 0 Å². The Labute approximate surface area is 302 Å². The first-order valence-electron chi connectivity index (χ1n) is 18.2. The molecule has 0 aliphatic heterocycles. The maximum atomic E-state index is 6.49. The average molecular weight is 663 g/mol. The lowest BCUT2D eigenvalue weighted by molar-refractivity contribution is 0.660. The number of rotatable bonds is 3. The van der Waals surface area contributed by atoms with Gasteiger partial charge in [0, 0.05) is 21.6 Å². The van der Waals surface area contributed by atoms with Crippen LogP contribution < -0.4 is 0 Å². The zero-order chi connectivity index (χ0) is 34.6. The summed E-state index contributed by atoms with van der Waals surface area (Å²) >= 11 is 0. The van der Waals surface area contributed by atoms with Gasteiger partial charge in [0.2, 0.25) is 0 Å². The molecule has 0 radical (unpaired) electrons. The van der Waals surface area contributed by atoms with Crippen molar-refractivity contribution in [1.82, 2.24) is 0 Å². The zero-order valence-electron chi connectivity index (χ0n) is 29.1. The van der Waals surface area contributed by atoms with Crippen LogP contribution >= 0.6 is 0 Å². The third kappa shape index (κ3) is 4.05. The van der Waals surface area contributed by atoms with E-state index in [0.717, 1.165) is 11.2 Å². The second kappa shape index (κ2) is 10.8. The third-order valence-corrected chi connectivity index (χ3v) is 11.7. The lowest BCUT2D eigenvalue weighted by Gasteiger charge is -2.23. The first-order valence-corrected chi connectivity index (χ1v) is 18.2. The molecule has 0 atom stereocenters. The van der Waals surface area contributed by atoms with E-state index in [4.69, 9.17) is 4.42 Å². The summed E-state index contributed by atoms with van der Waals surface area (Å²) < 4.78 is 6.49. The van der Waals surface area contributed by atoms with Gasteiger partial charge < -0.3 is 4.42 Å². The maximum absolute atomic E-state index is 6.49. The minimum atomic E-state index is -0.163. The quantitative estimate of drug-likeness (QED) is 0.172. The van der Waals surface area contributed by atoms with E-state index < -0.39 is 0 Å². The van der Waals surface area contributed by atoms with E-state index in [1.807, 2.05) is 6.07 Å². The summed E-state index contributed by atoms with van der Waals surface area (Å²) in [5.74, 6) is 0. The highest BCUT2D eigenvalue weighted by atomic mass is 16.3. The molecular formula is C51H34O. The van der Waals surface area contributed by atoms with Gasteiger partial charge in [-0.05, 0) is 101 Å². The van der Waals surface area contributed by atoms with Crippen LogP contribution in [-0.2, 0) is 5.41 Å². The predicted octanol–water partition coefficient (Wildman–Crippen LogP) is 14.4. The summed E-state index contributed by atoms with van der Waals surface area (Å²) in [7, 11) is 0. The SMILES string of the molecule is CC1(C)c2cc(-c3c4ccccc4c(-c4ccc(-c5ccccc5)cc4)c4ccccc34)ccc2-c2c1ccc1c2ccc2c3ccccc3oc12. The van der Waals surface area contributed by atoms with Gasteiger partial charge >= 0.3 is 0 Å². The van der Waals surface area contributed by atoms with Crippen molar-refractivity contribution < 1.29 is 4.42 Å². The molecule has 0 bridgehead atoms. The molecule has 9 aromatic carbocycles. The summed E-state index contributed by atoms with van der Waals surface area (Å²) in [6.45, 7) is 4.76. The number of hydrogen-bond donors (Lipinski definition) is 0. The van der Waals surface area contributed by atoms with Crippen molar-refractivity contribution >= 4 is 54.3 Å². The van der Waals surface area contributed by atoms with Gasteiger partial charge in [0.15, 0.2) is 0 Å². The Hall–Kier alpha value is -6.44. The van der Waals surface area contributed by atoms with Crippen molar-refractivity contribution in [3.8, 4) is 44.5 Å². The molecule has 1 aromatic heterocycles. The molecule has 244 valence electrons. The zero-order valence-corrected chi connectivity index (χ0v) is 29.1. The van der Waals surface area contributed by atoms with Gasteiger partial charge in [-0.15, -0.1) is 0 Å². The van der Waals surface area contributed by atoms with E-state index >= 15 is 0 Å². The van der Waals surface area contributed by atoms with Crippen molar-refractivity contribution in [2.45, 2.75) is 19.3 Å². The molecule has 1 nitrogen and oxygen atoms in total. The van der Waals surface area contributed by atoms with E-state index in [2.05, 4.69) is 178 Å². The average Bonchev–Trinajstić information content (AvgIpc) is 3.69. The van der Waals surface area contributed by atoms with Crippen molar-refractivity contribution in [2.75, 3.05) is 0 Å². The van der Waals surface area contributed by atoms with Crippen LogP contribution in [0, 0.1) is 0 Å². The number of benzene rings is 9. The van der Waals surface area contributed by atoms with Gasteiger partial charge in [0.25, 0.3) is 0 Å². The molecular weight excluding hydrogens is 629 g/mol. The smallest absolute Gasteiger partial charge is 0.143 e. The highest BCUT2D eigenvalue weighted by Gasteiger charge is 2.37. The topological polar surface area (TPSA) is 13.1 Å². The third-order valence-electron chi connectivity index (χ3n) is 11.7. The van der Waals surface area contributed by atoms with Gasteiger partial charge in [0.1, 0.15) is 11.2 Å². The van der Waals surface area contributed by atoms with Gasteiger partial charge in [-0.3, -0.25) is 0 Å². The molecule has 1 heterocycles.